The molecule has 0 aromatic heterocycles. The number of rotatable bonds is 2. The van der Waals surface area contributed by atoms with Crippen LogP contribution < -0.4 is 5.32 Å². The Bertz CT molecular complexity index is 232. The van der Waals surface area contributed by atoms with E-state index in [0.717, 1.165) is 6.34 Å². The van der Waals surface area contributed by atoms with Crippen LogP contribution in [0.15, 0.2) is 16.8 Å². The zero-order chi connectivity index (χ0) is 8.10. The number of nitrogens with one attached hydrogen (secondary N) is 2. The van der Waals surface area contributed by atoms with E-state index >= 15 is 0 Å². The summed E-state index contributed by atoms with van der Waals surface area (Å²) in [5.41, 5.74) is 0.319. The van der Waals surface area contributed by atoms with E-state index in [9.17, 15) is 4.79 Å². The lowest BCUT2D eigenvalue weighted by Crippen LogP contribution is -2.31. The molecular formula is C6H7N3O2. The standard InChI is InChI=1S/C6H7N3O2/c7-3-8-1-5-2-11-4-9-6(5)10/h1-3,7H,4H2,(H,9,10). The van der Waals surface area contributed by atoms with E-state index < -0.39 is 0 Å². The van der Waals surface area contributed by atoms with Crippen LogP contribution in [-0.2, 0) is 9.53 Å². The van der Waals surface area contributed by atoms with Crippen molar-refractivity contribution in [3.8, 4) is 0 Å². The Morgan fingerprint density at radius 2 is 2.64 bits per heavy atom. The molecule has 2 N–H and O–H groups in total. The summed E-state index contributed by atoms with van der Waals surface area (Å²) in [6.45, 7) is 0.195. The molecule has 0 spiro atoms. The topological polar surface area (TPSA) is 74.5 Å². The molecule has 0 radical (unpaired) electrons. The first-order chi connectivity index (χ1) is 5.34. The monoisotopic (exact) mass is 153 g/mol. The van der Waals surface area contributed by atoms with Crippen molar-refractivity contribution in [1.29, 1.82) is 5.41 Å². The molecule has 58 valence electrons. The van der Waals surface area contributed by atoms with Gasteiger partial charge >= 0.3 is 0 Å². The number of aliphatic imine (C=N–C) groups is 1. The summed E-state index contributed by atoms with van der Waals surface area (Å²) < 4.78 is 4.79. The Labute approximate surface area is 63.3 Å². The van der Waals surface area contributed by atoms with Gasteiger partial charge in [0.05, 0.1) is 11.8 Å². The number of hydrogen-bond donors (Lipinski definition) is 2. The van der Waals surface area contributed by atoms with E-state index in [4.69, 9.17) is 10.1 Å². The van der Waals surface area contributed by atoms with Gasteiger partial charge in [-0.2, -0.15) is 0 Å². The molecule has 1 rings (SSSR count). The second-order valence-corrected chi connectivity index (χ2v) is 1.80. The molecular weight excluding hydrogens is 146 g/mol. The molecule has 1 heterocycles. The van der Waals surface area contributed by atoms with Crippen LogP contribution in [0.5, 0.6) is 0 Å². The normalized spacial score (nSPS) is 17.1. The van der Waals surface area contributed by atoms with E-state index in [2.05, 4.69) is 10.3 Å². The van der Waals surface area contributed by atoms with Gasteiger partial charge in [-0.1, -0.05) is 0 Å². The van der Waals surface area contributed by atoms with Gasteiger partial charge in [-0.3, -0.25) is 10.2 Å². The molecule has 0 bridgehead atoms. The fraction of sp³-hybridized carbons (Fsp3) is 0.167. The lowest BCUT2D eigenvalue weighted by Gasteiger charge is -2.10. The highest BCUT2D eigenvalue weighted by molar-refractivity contribution is 6.13. The molecule has 0 saturated heterocycles. The average Bonchev–Trinajstić information content (AvgIpc) is 2.03. The van der Waals surface area contributed by atoms with E-state index in [1.807, 2.05) is 0 Å². The van der Waals surface area contributed by atoms with Gasteiger partial charge in [0.2, 0.25) is 0 Å². The van der Waals surface area contributed by atoms with Crippen LogP contribution in [0.2, 0.25) is 0 Å². The smallest absolute Gasteiger partial charge is 0.258 e. The third-order valence-electron chi connectivity index (χ3n) is 1.08. The van der Waals surface area contributed by atoms with Gasteiger partial charge in [0.15, 0.2) is 6.73 Å². The highest BCUT2D eigenvalue weighted by Crippen LogP contribution is 1.96. The maximum atomic E-state index is 10.9. The number of carbonyl (C=O) groups excluding carboxylic acids is 1. The van der Waals surface area contributed by atoms with Gasteiger partial charge in [0, 0.05) is 6.21 Å². The van der Waals surface area contributed by atoms with Crippen LogP contribution >= 0.6 is 0 Å². The predicted molar refractivity (Wildman–Crippen MR) is 39.5 cm³/mol. The van der Waals surface area contributed by atoms with Crippen LogP contribution in [0.4, 0.5) is 0 Å². The van der Waals surface area contributed by atoms with E-state index in [0.29, 0.717) is 5.57 Å². The molecule has 0 aromatic carbocycles. The van der Waals surface area contributed by atoms with Crippen LogP contribution in [0, 0.1) is 5.41 Å². The summed E-state index contributed by atoms with van der Waals surface area (Å²) in [6, 6.07) is 0. The first-order valence-corrected chi connectivity index (χ1v) is 2.96. The molecule has 0 aliphatic carbocycles. The predicted octanol–water partition coefficient (Wildman–Crippen LogP) is -0.348. The van der Waals surface area contributed by atoms with E-state index in [1.165, 1.54) is 12.5 Å². The van der Waals surface area contributed by atoms with Crippen LogP contribution in [-0.4, -0.2) is 25.2 Å². The first-order valence-electron chi connectivity index (χ1n) is 2.96. The van der Waals surface area contributed by atoms with Crippen molar-refractivity contribution in [2.45, 2.75) is 0 Å². The molecule has 1 aliphatic heterocycles. The zero-order valence-electron chi connectivity index (χ0n) is 5.70. The summed E-state index contributed by atoms with van der Waals surface area (Å²) in [7, 11) is 0. The lowest BCUT2D eigenvalue weighted by atomic mass is 10.3. The molecule has 0 fully saturated rings. The third-order valence-corrected chi connectivity index (χ3v) is 1.08. The number of hydrogen-bond acceptors (Lipinski definition) is 3. The number of nitrogens with zero attached hydrogens (tertiary/aromatic N) is 1. The van der Waals surface area contributed by atoms with Crippen LogP contribution in [0.3, 0.4) is 0 Å². The summed E-state index contributed by atoms with van der Waals surface area (Å²) in [4.78, 5) is 14.3. The minimum absolute atomic E-state index is 0.195. The molecule has 0 atom stereocenters. The summed E-state index contributed by atoms with van der Waals surface area (Å²) in [5, 5.41) is 9.01. The second-order valence-electron chi connectivity index (χ2n) is 1.80. The van der Waals surface area contributed by atoms with E-state index in [1.54, 1.807) is 0 Å². The first kappa shape index (κ1) is 7.46. The molecule has 1 amide bonds. The van der Waals surface area contributed by atoms with Gasteiger partial charge in [0.25, 0.3) is 5.91 Å². The quantitative estimate of drug-likeness (QED) is 0.420. The molecule has 0 aromatic rings. The van der Waals surface area contributed by atoms with Crippen LogP contribution in [0.1, 0.15) is 0 Å². The molecule has 0 unspecified atom stereocenters. The minimum Gasteiger partial charge on any atom is -0.480 e. The lowest BCUT2D eigenvalue weighted by molar-refractivity contribution is -0.119. The summed E-state index contributed by atoms with van der Waals surface area (Å²) in [5.74, 6) is -0.234. The van der Waals surface area contributed by atoms with Crippen LogP contribution in [0.25, 0.3) is 0 Å². The van der Waals surface area contributed by atoms with Gasteiger partial charge < -0.3 is 10.1 Å². The van der Waals surface area contributed by atoms with Gasteiger partial charge in [-0.25, -0.2) is 4.99 Å². The molecule has 0 saturated carbocycles. The average molecular weight is 153 g/mol. The minimum atomic E-state index is -0.234. The summed E-state index contributed by atoms with van der Waals surface area (Å²) in [6.07, 6.45) is 3.43. The highest BCUT2D eigenvalue weighted by atomic mass is 16.5. The van der Waals surface area contributed by atoms with Crippen molar-refractivity contribution >= 4 is 18.5 Å². The maximum absolute atomic E-state index is 10.9. The highest BCUT2D eigenvalue weighted by Gasteiger charge is 2.10. The zero-order valence-corrected chi connectivity index (χ0v) is 5.70. The summed E-state index contributed by atoms with van der Waals surface area (Å²) >= 11 is 0. The molecule has 5 heteroatoms. The number of ether oxygens (including phenoxy) is 1. The Balaban J connectivity index is 2.68. The van der Waals surface area contributed by atoms with Gasteiger partial charge in [-0.15, -0.1) is 0 Å². The van der Waals surface area contributed by atoms with Gasteiger partial charge in [-0.05, 0) is 0 Å². The van der Waals surface area contributed by atoms with Crippen molar-refractivity contribution < 1.29 is 9.53 Å². The molecule has 11 heavy (non-hydrogen) atoms. The Kier molecular flexibility index (Phi) is 2.37. The third kappa shape index (κ3) is 1.89. The van der Waals surface area contributed by atoms with Crippen molar-refractivity contribution in [3.63, 3.8) is 0 Å². The maximum Gasteiger partial charge on any atom is 0.258 e. The number of carbonyl (C=O) groups is 1. The number of amides is 1. The fourth-order valence-corrected chi connectivity index (χ4v) is 0.601. The van der Waals surface area contributed by atoms with Crippen molar-refractivity contribution in [2.75, 3.05) is 6.73 Å². The second kappa shape index (κ2) is 3.50. The van der Waals surface area contributed by atoms with Crippen molar-refractivity contribution in [3.05, 3.63) is 11.8 Å². The van der Waals surface area contributed by atoms with Gasteiger partial charge in [0.1, 0.15) is 6.34 Å². The fourth-order valence-electron chi connectivity index (χ4n) is 0.601. The Hall–Kier alpha value is -1.65. The molecule has 1 aliphatic rings. The van der Waals surface area contributed by atoms with Crippen molar-refractivity contribution in [2.24, 2.45) is 4.99 Å². The molecule has 5 nitrogen and oxygen atoms in total. The van der Waals surface area contributed by atoms with E-state index in [-0.39, 0.29) is 12.6 Å². The largest absolute Gasteiger partial charge is 0.480 e. The SMILES string of the molecule is N=CN=CC1=COCNC1=O. The Morgan fingerprint density at radius 1 is 1.82 bits per heavy atom. The van der Waals surface area contributed by atoms with Crippen molar-refractivity contribution in [1.82, 2.24) is 5.32 Å². The Morgan fingerprint density at radius 3 is 3.27 bits per heavy atom.